The molecule has 1 aromatic carbocycles. The number of carbonyl (C=O) groups is 1. The third-order valence-electron chi connectivity index (χ3n) is 5.21. The number of imidazole rings is 1. The summed E-state index contributed by atoms with van der Waals surface area (Å²) in [6.07, 6.45) is 7.43. The smallest absolute Gasteiger partial charge is 0.220 e. The number of likely N-dealkylation sites (tertiary alicyclic amines) is 1. The van der Waals surface area contributed by atoms with Gasteiger partial charge in [-0.05, 0) is 43.4 Å². The number of nitrogens with zero attached hydrogens (tertiary/aromatic N) is 4. The van der Waals surface area contributed by atoms with Crippen LogP contribution in [0.1, 0.15) is 31.7 Å². The van der Waals surface area contributed by atoms with E-state index in [2.05, 4.69) is 20.5 Å². The molecule has 1 saturated heterocycles. The topological polar surface area (TPSA) is 74.5 Å². The molecule has 1 aliphatic rings. The summed E-state index contributed by atoms with van der Waals surface area (Å²) in [5.41, 5.74) is 1.29. The number of aliphatic imine (C=N–C) groups is 1. The third-order valence-corrected chi connectivity index (χ3v) is 5.21. The van der Waals surface area contributed by atoms with Gasteiger partial charge in [0, 0.05) is 45.5 Å². The maximum absolute atomic E-state index is 14.5. The quantitative estimate of drug-likeness (QED) is 0.344. The van der Waals surface area contributed by atoms with E-state index in [0.717, 1.165) is 44.0 Å². The molecule has 9 heteroatoms. The molecular formula is C21H30FIN6O. The lowest BCUT2D eigenvalue weighted by Gasteiger charge is -2.34. The van der Waals surface area contributed by atoms with E-state index in [1.54, 1.807) is 36.4 Å². The summed E-state index contributed by atoms with van der Waals surface area (Å²) >= 11 is 0. The lowest BCUT2D eigenvalue weighted by atomic mass is 9.93. The largest absolute Gasteiger partial charge is 0.359 e. The van der Waals surface area contributed by atoms with Crippen LogP contribution in [0.3, 0.4) is 0 Å². The zero-order chi connectivity index (χ0) is 20.6. The van der Waals surface area contributed by atoms with Crippen molar-refractivity contribution in [2.75, 3.05) is 26.7 Å². The second-order valence-corrected chi connectivity index (χ2v) is 7.23. The zero-order valence-electron chi connectivity index (χ0n) is 17.5. The molecule has 0 saturated carbocycles. The van der Waals surface area contributed by atoms with E-state index >= 15 is 0 Å². The van der Waals surface area contributed by atoms with Crippen LogP contribution in [0, 0.1) is 11.7 Å². The summed E-state index contributed by atoms with van der Waals surface area (Å²) in [4.78, 5) is 22.5. The Bertz CT molecular complexity index is 834. The Morgan fingerprint density at radius 3 is 2.70 bits per heavy atom. The number of benzene rings is 1. The van der Waals surface area contributed by atoms with Gasteiger partial charge >= 0.3 is 0 Å². The Labute approximate surface area is 194 Å². The molecule has 3 rings (SSSR count). The van der Waals surface area contributed by atoms with Crippen LogP contribution in [0.5, 0.6) is 0 Å². The summed E-state index contributed by atoms with van der Waals surface area (Å²) in [6.45, 7) is 4.93. The van der Waals surface area contributed by atoms with Gasteiger partial charge in [0.15, 0.2) is 5.96 Å². The summed E-state index contributed by atoms with van der Waals surface area (Å²) in [6, 6.07) is 5.16. The van der Waals surface area contributed by atoms with Gasteiger partial charge < -0.3 is 20.1 Å². The molecule has 1 aromatic heterocycles. The minimum atomic E-state index is -0.296. The highest BCUT2D eigenvalue weighted by Crippen LogP contribution is 2.21. The highest BCUT2D eigenvalue weighted by molar-refractivity contribution is 14.0. The molecule has 30 heavy (non-hydrogen) atoms. The molecule has 0 unspecified atom stereocenters. The van der Waals surface area contributed by atoms with Crippen LogP contribution >= 0.6 is 24.0 Å². The predicted molar refractivity (Wildman–Crippen MR) is 127 cm³/mol. The first kappa shape index (κ1) is 24.1. The fourth-order valence-corrected chi connectivity index (χ4v) is 3.56. The molecule has 1 aliphatic heterocycles. The maximum atomic E-state index is 14.5. The maximum Gasteiger partial charge on any atom is 0.220 e. The number of piperidine rings is 1. The molecule has 0 radical (unpaired) electrons. The standard InChI is InChI=1S/C21H29FN6O.HI/c1-3-25-21(27-9-6-16(7-10-27)13-20(29)23-2)26-14-17-4-5-19(18(22)12-17)28-11-8-24-15-28;/h4-5,8,11-12,15-16H,3,6-7,9-10,13-14H2,1-2H3,(H,23,29)(H,25,26);1H. The van der Waals surface area contributed by atoms with Gasteiger partial charge in [0.25, 0.3) is 0 Å². The molecular weight excluding hydrogens is 498 g/mol. The van der Waals surface area contributed by atoms with Crippen LogP contribution < -0.4 is 10.6 Å². The Hall–Kier alpha value is -2.17. The monoisotopic (exact) mass is 528 g/mol. The van der Waals surface area contributed by atoms with Gasteiger partial charge in [-0.15, -0.1) is 24.0 Å². The average molecular weight is 528 g/mol. The number of aromatic nitrogens is 2. The van der Waals surface area contributed by atoms with Crippen molar-refractivity contribution >= 4 is 35.8 Å². The lowest BCUT2D eigenvalue weighted by molar-refractivity contribution is -0.121. The van der Waals surface area contributed by atoms with Crippen molar-refractivity contribution in [3.63, 3.8) is 0 Å². The van der Waals surface area contributed by atoms with Gasteiger partial charge in [-0.2, -0.15) is 0 Å². The first-order chi connectivity index (χ1) is 14.1. The van der Waals surface area contributed by atoms with Gasteiger partial charge in [0.1, 0.15) is 5.82 Å². The molecule has 0 bridgehead atoms. The highest BCUT2D eigenvalue weighted by Gasteiger charge is 2.23. The number of carbonyl (C=O) groups excluding carboxylic acids is 1. The predicted octanol–water partition coefficient (Wildman–Crippen LogP) is 2.94. The number of hydrogen-bond donors (Lipinski definition) is 2. The third kappa shape index (κ3) is 6.41. The molecule has 7 nitrogen and oxygen atoms in total. The number of hydrogen-bond acceptors (Lipinski definition) is 3. The van der Waals surface area contributed by atoms with E-state index in [1.807, 2.05) is 13.0 Å². The Morgan fingerprint density at radius 2 is 2.10 bits per heavy atom. The lowest BCUT2D eigenvalue weighted by Crippen LogP contribution is -2.46. The van der Waals surface area contributed by atoms with Crippen molar-refractivity contribution in [1.82, 2.24) is 25.1 Å². The Balaban J connectivity index is 0.00000320. The Morgan fingerprint density at radius 1 is 1.33 bits per heavy atom. The zero-order valence-corrected chi connectivity index (χ0v) is 19.8. The van der Waals surface area contributed by atoms with Crippen molar-refractivity contribution in [3.05, 3.63) is 48.3 Å². The van der Waals surface area contributed by atoms with E-state index < -0.39 is 0 Å². The van der Waals surface area contributed by atoms with Crippen molar-refractivity contribution in [2.45, 2.75) is 32.7 Å². The van der Waals surface area contributed by atoms with Crippen LogP contribution in [0.25, 0.3) is 5.69 Å². The molecule has 164 valence electrons. The van der Waals surface area contributed by atoms with Crippen LogP contribution in [0.15, 0.2) is 41.9 Å². The second kappa shape index (κ2) is 11.9. The first-order valence-electron chi connectivity index (χ1n) is 10.1. The fourth-order valence-electron chi connectivity index (χ4n) is 3.56. The van der Waals surface area contributed by atoms with E-state index in [1.165, 1.54) is 6.07 Å². The number of amides is 1. The SMILES string of the molecule is CCNC(=NCc1ccc(-n2ccnc2)c(F)c1)N1CCC(CC(=O)NC)CC1.I. The highest BCUT2D eigenvalue weighted by atomic mass is 127. The van der Waals surface area contributed by atoms with Crippen molar-refractivity contribution in [1.29, 1.82) is 0 Å². The fraction of sp³-hybridized carbons (Fsp3) is 0.476. The van der Waals surface area contributed by atoms with Crippen LogP contribution in [0.2, 0.25) is 0 Å². The average Bonchev–Trinajstić information content (AvgIpc) is 3.26. The summed E-state index contributed by atoms with van der Waals surface area (Å²) in [5.74, 6) is 1.06. The molecule has 2 aromatic rings. The second-order valence-electron chi connectivity index (χ2n) is 7.23. The van der Waals surface area contributed by atoms with E-state index in [4.69, 9.17) is 4.99 Å². The minimum absolute atomic E-state index is 0. The van der Waals surface area contributed by atoms with E-state index in [9.17, 15) is 9.18 Å². The molecule has 2 heterocycles. The van der Waals surface area contributed by atoms with Crippen LogP contribution in [0.4, 0.5) is 4.39 Å². The number of rotatable bonds is 6. The van der Waals surface area contributed by atoms with Crippen LogP contribution in [-0.4, -0.2) is 53.0 Å². The van der Waals surface area contributed by atoms with Gasteiger partial charge in [-0.1, -0.05) is 6.07 Å². The van der Waals surface area contributed by atoms with Gasteiger partial charge in [-0.3, -0.25) is 4.79 Å². The first-order valence-corrected chi connectivity index (χ1v) is 10.1. The van der Waals surface area contributed by atoms with Gasteiger partial charge in [-0.25, -0.2) is 14.4 Å². The molecule has 1 amide bonds. The molecule has 0 aliphatic carbocycles. The number of guanidine groups is 1. The molecule has 1 fully saturated rings. The van der Waals surface area contributed by atoms with Crippen LogP contribution in [-0.2, 0) is 11.3 Å². The summed E-state index contributed by atoms with van der Waals surface area (Å²) < 4.78 is 16.1. The number of nitrogens with one attached hydrogen (secondary N) is 2. The van der Waals surface area contributed by atoms with Gasteiger partial charge in [0.2, 0.25) is 5.91 Å². The van der Waals surface area contributed by atoms with E-state index in [0.29, 0.717) is 24.6 Å². The van der Waals surface area contributed by atoms with Gasteiger partial charge in [0.05, 0.1) is 18.6 Å². The normalized spacial score (nSPS) is 14.9. The van der Waals surface area contributed by atoms with E-state index in [-0.39, 0.29) is 35.7 Å². The van der Waals surface area contributed by atoms with Crippen molar-refractivity contribution in [3.8, 4) is 5.69 Å². The summed E-state index contributed by atoms with van der Waals surface area (Å²) in [5, 5.41) is 6.03. The summed E-state index contributed by atoms with van der Waals surface area (Å²) in [7, 11) is 1.68. The molecule has 2 N–H and O–H groups in total. The Kier molecular flexibility index (Phi) is 9.54. The van der Waals surface area contributed by atoms with Crippen molar-refractivity contribution in [2.24, 2.45) is 10.9 Å². The molecule has 0 spiro atoms. The number of halogens is 2. The van der Waals surface area contributed by atoms with Crippen molar-refractivity contribution < 1.29 is 9.18 Å². The minimum Gasteiger partial charge on any atom is -0.359 e. The molecule has 0 atom stereocenters.